The molecule has 2 aromatic rings. The molecule has 0 amide bonds. The number of pyridine rings is 1. The van der Waals surface area contributed by atoms with Crippen LogP contribution >= 0.6 is 15.9 Å². The number of hydrogen-bond donors (Lipinski definition) is 1. The van der Waals surface area contributed by atoms with E-state index in [2.05, 4.69) is 20.9 Å². The molecule has 0 unspecified atom stereocenters. The van der Waals surface area contributed by atoms with Crippen LogP contribution in [0.15, 0.2) is 41.0 Å². The normalized spacial score (nSPS) is 12.2. The van der Waals surface area contributed by atoms with Crippen LogP contribution in [0.2, 0.25) is 0 Å². The standard InChI is InChI=1S/C13H12BrFN2O/c1-8(16)9-4-5-17-13(6-9)18-10-2-3-12(15)11(14)7-10/h2-8H,16H2,1H3/t8-/m1/s1. The van der Waals surface area contributed by atoms with Crippen molar-refractivity contribution >= 4 is 15.9 Å². The first-order chi connectivity index (χ1) is 8.56. The maximum atomic E-state index is 13.1. The van der Waals surface area contributed by atoms with E-state index in [0.717, 1.165) is 5.56 Å². The fourth-order valence-electron chi connectivity index (χ4n) is 1.42. The van der Waals surface area contributed by atoms with E-state index in [9.17, 15) is 4.39 Å². The van der Waals surface area contributed by atoms with E-state index in [1.54, 1.807) is 24.4 Å². The molecule has 1 aromatic carbocycles. The molecule has 0 saturated carbocycles. The van der Waals surface area contributed by atoms with Crippen molar-refractivity contribution < 1.29 is 9.13 Å². The van der Waals surface area contributed by atoms with E-state index in [1.165, 1.54) is 6.07 Å². The van der Waals surface area contributed by atoms with Gasteiger partial charge in [0.15, 0.2) is 0 Å². The Morgan fingerprint density at radius 3 is 2.78 bits per heavy atom. The maximum Gasteiger partial charge on any atom is 0.219 e. The Morgan fingerprint density at radius 2 is 2.11 bits per heavy atom. The van der Waals surface area contributed by atoms with Gasteiger partial charge in [0.1, 0.15) is 11.6 Å². The number of nitrogens with zero attached hydrogens (tertiary/aromatic N) is 1. The highest BCUT2D eigenvalue weighted by atomic mass is 79.9. The molecule has 0 spiro atoms. The highest BCUT2D eigenvalue weighted by molar-refractivity contribution is 9.10. The SMILES string of the molecule is C[C@@H](N)c1ccnc(Oc2ccc(F)c(Br)c2)c1. The van der Waals surface area contributed by atoms with Crippen LogP contribution in [-0.4, -0.2) is 4.98 Å². The summed E-state index contributed by atoms with van der Waals surface area (Å²) in [6, 6.07) is 7.93. The zero-order valence-corrected chi connectivity index (χ0v) is 11.3. The summed E-state index contributed by atoms with van der Waals surface area (Å²) in [6.07, 6.45) is 1.63. The van der Waals surface area contributed by atoms with Gasteiger partial charge in [0.05, 0.1) is 4.47 Å². The van der Waals surface area contributed by atoms with Gasteiger partial charge in [-0.15, -0.1) is 0 Å². The summed E-state index contributed by atoms with van der Waals surface area (Å²) in [5, 5.41) is 0. The summed E-state index contributed by atoms with van der Waals surface area (Å²) in [6.45, 7) is 1.88. The number of rotatable bonds is 3. The molecule has 0 saturated heterocycles. The monoisotopic (exact) mass is 310 g/mol. The average molecular weight is 311 g/mol. The van der Waals surface area contributed by atoms with Crippen LogP contribution in [0.3, 0.4) is 0 Å². The third kappa shape index (κ3) is 3.05. The second kappa shape index (κ2) is 5.46. The predicted octanol–water partition coefficient (Wildman–Crippen LogP) is 3.80. The lowest BCUT2D eigenvalue weighted by molar-refractivity contribution is 0.459. The highest BCUT2D eigenvalue weighted by Crippen LogP contribution is 2.26. The van der Waals surface area contributed by atoms with E-state index in [0.29, 0.717) is 16.1 Å². The maximum absolute atomic E-state index is 13.1. The van der Waals surface area contributed by atoms with Gasteiger partial charge in [-0.2, -0.15) is 0 Å². The molecule has 0 fully saturated rings. The number of hydrogen-bond acceptors (Lipinski definition) is 3. The van der Waals surface area contributed by atoms with Crippen LogP contribution in [0.1, 0.15) is 18.5 Å². The summed E-state index contributed by atoms with van der Waals surface area (Å²) < 4.78 is 19.0. The molecular formula is C13H12BrFN2O. The summed E-state index contributed by atoms with van der Waals surface area (Å²) >= 11 is 3.10. The fraction of sp³-hybridized carbons (Fsp3) is 0.154. The molecule has 0 bridgehead atoms. The lowest BCUT2D eigenvalue weighted by atomic mass is 10.1. The molecular weight excluding hydrogens is 299 g/mol. The van der Waals surface area contributed by atoms with Gasteiger partial charge in [0.25, 0.3) is 0 Å². The Morgan fingerprint density at radius 1 is 1.33 bits per heavy atom. The van der Waals surface area contributed by atoms with E-state index < -0.39 is 0 Å². The molecule has 18 heavy (non-hydrogen) atoms. The van der Waals surface area contributed by atoms with Crippen LogP contribution in [0.25, 0.3) is 0 Å². The molecule has 0 aliphatic heterocycles. The van der Waals surface area contributed by atoms with E-state index in [4.69, 9.17) is 10.5 Å². The third-order valence-corrected chi connectivity index (χ3v) is 3.01. The highest BCUT2D eigenvalue weighted by Gasteiger charge is 2.05. The lowest BCUT2D eigenvalue weighted by Gasteiger charge is -2.09. The van der Waals surface area contributed by atoms with E-state index >= 15 is 0 Å². The number of ether oxygens (including phenoxy) is 1. The predicted molar refractivity (Wildman–Crippen MR) is 71.0 cm³/mol. The van der Waals surface area contributed by atoms with Gasteiger partial charge in [-0.25, -0.2) is 9.37 Å². The molecule has 1 atom stereocenters. The smallest absolute Gasteiger partial charge is 0.219 e. The second-order valence-electron chi connectivity index (χ2n) is 3.89. The zero-order chi connectivity index (χ0) is 13.1. The largest absolute Gasteiger partial charge is 0.439 e. The molecule has 2 N–H and O–H groups in total. The number of aromatic nitrogens is 1. The van der Waals surface area contributed by atoms with Gasteiger partial charge < -0.3 is 10.5 Å². The molecule has 2 rings (SSSR count). The van der Waals surface area contributed by atoms with Crippen molar-refractivity contribution in [2.75, 3.05) is 0 Å². The quantitative estimate of drug-likeness (QED) is 0.938. The van der Waals surface area contributed by atoms with Gasteiger partial charge in [-0.05, 0) is 52.7 Å². The van der Waals surface area contributed by atoms with Gasteiger partial charge in [-0.1, -0.05) is 0 Å². The van der Waals surface area contributed by atoms with Gasteiger partial charge in [0, 0.05) is 18.3 Å². The Labute approximate surface area is 113 Å². The Hall–Kier alpha value is -1.46. The fourth-order valence-corrected chi connectivity index (χ4v) is 1.78. The first kappa shape index (κ1) is 13.0. The van der Waals surface area contributed by atoms with E-state index in [-0.39, 0.29) is 11.9 Å². The Kier molecular flexibility index (Phi) is 3.93. The first-order valence-corrected chi connectivity index (χ1v) is 6.20. The number of nitrogens with two attached hydrogens (primary N) is 1. The summed E-state index contributed by atoms with van der Waals surface area (Å²) in [5.74, 6) is 0.612. The van der Waals surface area contributed by atoms with Crippen LogP contribution in [0.4, 0.5) is 4.39 Å². The molecule has 0 aliphatic rings. The summed E-state index contributed by atoms with van der Waals surface area (Å²) in [7, 11) is 0. The molecule has 0 aliphatic carbocycles. The van der Waals surface area contributed by atoms with Gasteiger partial charge in [0.2, 0.25) is 5.88 Å². The molecule has 1 aromatic heterocycles. The van der Waals surface area contributed by atoms with Crippen molar-refractivity contribution in [2.45, 2.75) is 13.0 Å². The Bertz CT molecular complexity index is 560. The molecule has 3 nitrogen and oxygen atoms in total. The van der Waals surface area contributed by atoms with Crippen LogP contribution in [0.5, 0.6) is 11.6 Å². The van der Waals surface area contributed by atoms with Crippen molar-refractivity contribution in [1.29, 1.82) is 0 Å². The molecule has 1 heterocycles. The summed E-state index contributed by atoms with van der Waals surface area (Å²) in [4.78, 5) is 4.08. The van der Waals surface area contributed by atoms with Gasteiger partial charge >= 0.3 is 0 Å². The van der Waals surface area contributed by atoms with Crippen LogP contribution in [0, 0.1) is 5.82 Å². The minimum atomic E-state index is -0.334. The summed E-state index contributed by atoms with van der Waals surface area (Å²) in [5.41, 5.74) is 6.71. The topological polar surface area (TPSA) is 48.1 Å². The van der Waals surface area contributed by atoms with Crippen molar-refractivity contribution in [3.63, 3.8) is 0 Å². The number of halogens is 2. The van der Waals surface area contributed by atoms with Gasteiger partial charge in [-0.3, -0.25) is 0 Å². The van der Waals surface area contributed by atoms with Crippen molar-refractivity contribution in [2.24, 2.45) is 5.73 Å². The minimum Gasteiger partial charge on any atom is -0.439 e. The zero-order valence-electron chi connectivity index (χ0n) is 9.73. The molecule has 0 radical (unpaired) electrons. The Balaban J connectivity index is 2.23. The molecule has 5 heteroatoms. The number of benzene rings is 1. The first-order valence-electron chi connectivity index (χ1n) is 5.40. The molecule has 94 valence electrons. The van der Waals surface area contributed by atoms with Crippen LogP contribution in [-0.2, 0) is 0 Å². The van der Waals surface area contributed by atoms with Crippen molar-refractivity contribution in [3.8, 4) is 11.6 Å². The van der Waals surface area contributed by atoms with Crippen molar-refractivity contribution in [3.05, 3.63) is 52.4 Å². The van der Waals surface area contributed by atoms with Crippen LogP contribution < -0.4 is 10.5 Å². The second-order valence-corrected chi connectivity index (χ2v) is 4.75. The lowest BCUT2D eigenvalue weighted by Crippen LogP contribution is -2.05. The van der Waals surface area contributed by atoms with Crippen molar-refractivity contribution in [1.82, 2.24) is 4.98 Å². The minimum absolute atomic E-state index is 0.0877. The third-order valence-electron chi connectivity index (χ3n) is 2.40. The van der Waals surface area contributed by atoms with E-state index in [1.807, 2.05) is 13.0 Å². The average Bonchev–Trinajstić information content (AvgIpc) is 2.34.